The van der Waals surface area contributed by atoms with Gasteiger partial charge in [0.05, 0.1) is 17.0 Å². The maximum absolute atomic E-state index is 11.6. The molecule has 0 saturated carbocycles. The molecule has 1 aliphatic rings. The molecule has 11 heteroatoms. The Hall–Kier alpha value is -2.53. The van der Waals surface area contributed by atoms with Crippen LogP contribution in [0.1, 0.15) is 15.9 Å². The normalized spacial score (nSPS) is 17.4. The third kappa shape index (κ3) is 2.98. The van der Waals surface area contributed by atoms with Crippen molar-refractivity contribution in [3.63, 3.8) is 0 Å². The zero-order valence-electron chi connectivity index (χ0n) is 10.3. The summed E-state index contributed by atoms with van der Waals surface area (Å²) in [4.78, 5) is 32.0. The molecule has 0 aliphatic carbocycles. The maximum Gasteiger partial charge on any atom is 0.335 e. The van der Waals surface area contributed by atoms with Crippen LogP contribution in [0.3, 0.4) is 0 Å². The molecule has 1 heterocycles. The number of carboxylic acid groups (broad SMARTS) is 1. The molecule has 2 N–H and O–H groups in total. The van der Waals surface area contributed by atoms with Gasteiger partial charge in [-0.25, -0.2) is 9.52 Å². The van der Waals surface area contributed by atoms with Crippen molar-refractivity contribution in [3.05, 3.63) is 39.4 Å². The first-order valence-corrected chi connectivity index (χ1v) is 6.96. The monoisotopic (exact) mass is 315 g/mol. The topological polar surface area (TPSA) is 147 Å². The van der Waals surface area contributed by atoms with E-state index in [1.54, 1.807) is 4.72 Å². The number of nitro benzene ring substituents is 1. The third-order valence-corrected chi connectivity index (χ3v) is 4.20. The summed E-state index contributed by atoms with van der Waals surface area (Å²) in [7, 11) is -4.01. The molecule has 112 valence electrons. The predicted molar refractivity (Wildman–Crippen MR) is 67.5 cm³/mol. The molecule has 1 fully saturated rings. The van der Waals surface area contributed by atoms with E-state index in [1.807, 2.05) is 0 Å². The first kappa shape index (κ1) is 14.9. The van der Waals surface area contributed by atoms with Gasteiger partial charge in [0.15, 0.2) is 0 Å². The fraction of sp³-hybridized carbons (Fsp3) is 0.200. The van der Waals surface area contributed by atoms with Gasteiger partial charge in [0.2, 0.25) is 5.91 Å². The Bertz CT molecular complexity index is 743. The number of hydrogen-bond acceptors (Lipinski definition) is 6. The second-order valence-electron chi connectivity index (χ2n) is 4.20. The second kappa shape index (κ2) is 5.10. The summed E-state index contributed by atoms with van der Waals surface area (Å²) in [5.74, 6) is -2.07. The van der Waals surface area contributed by atoms with Gasteiger partial charge in [-0.15, -0.1) is 0 Å². The number of rotatable bonds is 4. The number of nitrogens with zero attached hydrogens (tertiary/aromatic N) is 2. The standard InChI is InChI=1S/C10H9N3O7S/c14-9-5-12(21(19,20)11-9)4-7-2-1-6(10(15)16)3-8(7)13(17)18/h1-3H,4-5H2,(H,11,14)(H,15,16). The number of carboxylic acids is 1. The summed E-state index contributed by atoms with van der Waals surface area (Å²) in [6, 6.07) is 3.12. The van der Waals surface area contributed by atoms with Crippen molar-refractivity contribution >= 4 is 27.8 Å². The molecule has 1 aromatic rings. The molecule has 0 spiro atoms. The minimum Gasteiger partial charge on any atom is -0.478 e. The molecule has 0 bridgehead atoms. The Morgan fingerprint density at radius 1 is 1.48 bits per heavy atom. The van der Waals surface area contributed by atoms with Crippen molar-refractivity contribution in [2.24, 2.45) is 0 Å². The van der Waals surface area contributed by atoms with Crippen LogP contribution in [0.25, 0.3) is 0 Å². The fourth-order valence-electron chi connectivity index (χ4n) is 1.82. The molecule has 1 aliphatic heterocycles. The molecule has 21 heavy (non-hydrogen) atoms. The van der Waals surface area contributed by atoms with Crippen LogP contribution in [0.4, 0.5) is 5.69 Å². The Kier molecular flexibility index (Phi) is 3.61. The fourth-order valence-corrected chi connectivity index (χ4v) is 2.89. The SMILES string of the molecule is O=C1CN(Cc2ccc(C(=O)O)cc2[N+](=O)[O-])S(=O)(=O)N1. The van der Waals surface area contributed by atoms with Crippen LogP contribution >= 0.6 is 0 Å². The summed E-state index contributed by atoms with van der Waals surface area (Å²) in [5.41, 5.74) is -0.821. The molecule has 10 nitrogen and oxygen atoms in total. The van der Waals surface area contributed by atoms with Gasteiger partial charge >= 0.3 is 16.2 Å². The Morgan fingerprint density at radius 3 is 2.62 bits per heavy atom. The van der Waals surface area contributed by atoms with E-state index in [0.29, 0.717) is 0 Å². The molecule has 1 amide bonds. The second-order valence-corrected chi connectivity index (χ2v) is 5.87. The van der Waals surface area contributed by atoms with E-state index in [2.05, 4.69) is 0 Å². The Morgan fingerprint density at radius 2 is 2.14 bits per heavy atom. The van der Waals surface area contributed by atoms with Gasteiger partial charge in [-0.05, 0) is 12.1 Å². The van der Waals surface area contributed by atoms with Gasteiger partial charge in [-0.1, -0.05) is 0 Å². The minimum absolute atomic E-state index is 0.00919. The molecule has 0 aromatic heterocycles. The highest BCUT2D eigenvalue weighted by molar-refractivity contribution is 7.88. The smallest absolute Gasteiger partial charge is 0.335 e. The number of carbonyl (C=O) groups excluding carboxylic acids is 1. The first-order chi connectivity index (χ1) is 9.70. The summed E-state index contributed by atoms with van der Waals surface area (Å²) < 4.78 is 25.6. The number of carbonyl (C=O) groups is 2. The molecular formula is C10H9N3O7S. The molecule has 1 saturated heterocycles. The van der Waals surface area contributed by atoms with Gasteiger partial charge < -0.3 is 5.11 Å². The number of hydrogen-bond donors (Lipinski definition) is 2. The van der Waals surface area contributed by atoms with Gasteiger partial charge in [0.25, 0.3) is 5.69 Å². The van der Waals surface area contributed by atoms with Crippen LogP contribution in [0.5, 0.6) is 0 Å². The maximum atomic E-state index is 11.6. The average Bonchev–Trinajstić information content (AvgIpc) is 2.61. The lowest BCUT2D eigenvalue weighted by Gasteiger charge is -2.12. The third-order valence-electron chi connectivity index (χ3n) is 2.78. The molecule has 1 aromatic carbocycles. The van der Waals surface area contributed by atoms with E-state index >= 15 is 0 Å². The Balaban J connectivity index is 2.38. The molecule has 0 atom stereocenters. The highest BCUT2D eigenvalue weighted by atomic mass is 32.2. The van der Waals surface area contributed by atoms with E-state index in [0.717, 1.165) is 22.5 Å². The molecule has 0 radical (unpaired) electrons. The summed E-state index contributed by atoms with van der Waals surface area (Å²) in [6.07, 6.45) is 0. The molecule has 0 unspecified atom stereocenters. The zero-order chi connectivity index (χ0) is 15.8. The summed E-state index contributed by atoms with van der Waals surface area (Å²) >= 11 is 0. The van der Waals surface area contributed by atoms with Gasteiger partial charge in [0, 0.05) is 18.2 Å². The van der Waals surface area contributed by atoms with Gasteiger partial charge in [-0.2, -0.15) is 12.7 Å². The van der Waals surface area contributed by atoms with Crippen LogP contribution < -0.4 is 4.72 Å². The molecular weight excluding hydrogens is 306 g/mol. The van der Waals surface area contributed by atoms with Crippen molar-refractivity contribution in [1.29, 1.82) is 0 Å². The number of benzene rings is 1. The highest BCUT2D eigenvalue weighted by Crippen LogP contribution is 2.23. The number of amides is 1. The predicted octanol–water partition coefficient (Wildman–Crippen LogP) is -0.530. The van der Waals surface area contributed by atoms with Crippen molar-refractivity contribution in [2.75, 3.05) is 6.54 Å². The van der Waals surface area contributed by atoms with Crippen molar-refractivity contribution < 1.29 is 28.0 Å². The number of nitrogens with one attached hydrogen (secondary N) is 1. The van der Waals surface area contributed by atoms with Crippen LogP contribution in [-0.2, 0) is 21.5 Å². The Labute approximate surface area is 118 Å². The lowest BCUT2D eigenvalue weighted by molar-refractivity contribution is -0.385. The minimum atomic E-state index is -4.01. The van der Waals surface area contributed by atoms with Crippen molar-refractivity contribution in [1.82, 2.24) is 9.03 Å². The summed E-state index contributed by atoms with van der Waals surface area (Å²) in [5, 5.41) is 19.8. The number of aromatic carboxylic acids is 1. The van der Waals surface area contributed by atoms with Crippen LogP contribution in [0, 0.1) is 10.1 Å². The van der Waals surface area contributed by atoms with Crippen LogP contribution in [0.15, 0.2) is 18.2 Å². The summed E-state index contributed by atoms with van der Waals surface area (Å²) in [6.45, 7) is -0.850. The molecule has 2 rings (SSSR count). The lowest BCUT2D eigenvalue weighted by atomic mass is 10.1. The first-order valence-electron chi connectivity index (χ1n) is 5.52. The van der Waals surface area contributed by atoms with Crippen molar-refractivity contribution in [3.8, 4) is 0 Å². The quantitative estimate of drug-likeness (QED) is 0.560. The average molecular weight is 315 g/mol. The number of nitro groups is 1. The van der Waals surface area contributed by atoms with Crippen LogP contribution in [0.2, 0.25) is 0 Å². The van der Waals surface area contributed by atoms with E-state index < -0.39 is 45.8 Å². The van der Waals surface area contributed by atoms with Crippen molar-refractivity contribution in [2.45, 2.75) is 6.54 Å². The van der Waals surface area contributed by atoms with Gasteiger partial charge in [-0.3, -0.25) is 14.9 Å². The van der Waals surface area contributed by atoms with E-state index in [-0.39, 0.29) is 11.1 Å². The van der Waals surface area contributed by atoms with Gasteiger partial charge in [0.1, 0.15) is 0 Å². The highest BCUT2D eigenvalue weighted by Gasteiger charge is 2.35. The van der Waals surface area contributed by atoms with E-state index in [4.69, 9.17) is 5.11 Å². The van der Waals surface area contributed by atoms with E-state index in [9.17, 15) is 28.1 Å². The largest absolute Gasteiger partial charge is 0.478 e. The zero-order valence-corrected chi connectivity index (χ0v) is 11.2. The van der Waals surface area contributed by atoms with Crippen LogP contribution in [-0.4, -0.2) is 41.2 Å². The van der Waals surface area contributed by atoms with E-state index in [1.165, 1.54) is 0 Å². The lowest BCUT2D eigenvalue weighted by Crippen LogP contribution is -2.29.